The molecule has 2 aromatic rings. The van der Waals surface area contributed by atoms with Crippen molar-refractivity contribution in [3.63, 3.8) is 0 Å². The Morgan fingerprint density at radius 3 is 2.21 bits per heavy atom. The fourth-order valence-corrected chi connectivity index (χ4v) is 6.79. The van der Waals surface area contributed by atoms with Crippen LogP contribution in [-0.4, -0.2) is 85.9 Å². The zero-order valence-corrected chi connectivity index (χ0v) is 26.9. The van der Waals surface area contributed by atoms with Crippen LogP contribution in [0.1, 0.15) is 62.5 Å². The topological polar surface area (TPSA) is 47.1 Å². The first-order chi connectivity index (χ1) is 19.4. The van der Waals surface area contributed by atoms with Crippen LogP contribution in [0.3, 0.4) is 0 Å². The van der Waals surface area contributed by atoms with Crippen molar-refractivity contribution in [3.8, 4) is 0 Å². The number of rotatable bonds is 10. The molecule has 2 heterocycles. The van der Waals surface area contributed by atoms with Crippen LogP contribution >= 0.6 is 24.8 Å². The van der Waals surface area contributed by atoms with E-state index in [-0.39, 0.29) is 42.0 Å². The quantitative estimate of drug-likeness (QED) is 0.327. The Morgan fingerprint density at radius 2 is 1.50 bits per heavy atom. The van der Waals surface area contributed by atoms with Crippen molar-refractivity contribution in [2.45, 2.75) is 62.8 Å². The van der Waals surface area contributed by atoms with Gasteiger partial charge in [-0.25, -0.2) is 0 Å². The average Bonchev–Trinajstić information content (AvgIpc) is 3.34. The normalized spacial score (nSPS) is 18.1. The van der Waals surface area contributed by atoms with E-state index in [0.29, 0.717) is 31.8 Å². The second kappa shape index (κ2) is 15.9. The fraction of sp³-hybridized carbons (Fsp3) is 0.529. The SMILES string of the molecule is CN1CCC(N(C)C(=O)CCCC(=O)N(CCCN2CCC3(C=Cc4ccccc43)CC2)c2ccccc2)CC1.Cl.Cl. The first-order valence-electron chi connectivity index (χ1n) is 15.3. The highest BCUT2D eigenvalue weighted by atomic mass is 35.5. The van der Waals surface area contributed by atoms with E-state index in [1.165, 1.54) is 11.1 Å². The predicted molar refractivity (Wildman–Crippen MR) is 178 cm³/mol. The highest BCUT2D eigenvalue weighted by molar-refractivity contribution is 5.93. The minimum absolute atomic E-state index is 0. The predicted octanol–water partition coefficient (Wildman–Crippen LogP) is 6.04. The molecule has 230 valence electrons. The molecule has 0 saturated carbocycles. The third kappa shape index (κ3) is 8.16. The summed E-state index contributed by atoms with van der Waals surface area (Å²) >= 11 is 0. The standard InChI is InChI=1S/C34H46N4O2.2ClH/c1-35-24-17-29(18-25-35)36(2)32(39)14-8-15-33(40)38(30-11-4-3-5-12-30)23-9-22-37-26-20-34(21-27-37)19-16-28-10-6-7-13-31(28)34;;/h3-7,10-13,16,19,29H,8-9,14-15,17-18,20-27H2,1-2H3;2*1H. The second-order valence-electron chi connectivity index (χ2n) is 12.0. The summed E-state index contributed by atoms with van der Waals surface area (Å²) < 4.78 is 0. The third-order valence-electron chi connectivity index (χ3n) is 9.46. The Morgan fingerprint density at radius 1 is 0.857 bits per heavy atom. The summed E-state index contributed by atoms with van der Waals surface area (Å²) in [5.74, 6) is 0.280. The highest BCUT2D eigenvalue weighted by Crippen LogP contribution is 2.43. The lowest BCUT2D eigenvalue weighted by atomic mass is 9.74. The number of carbonyl (C=O) groups excluding carboxylic acids is 2. The minimum atomic E-state index is 0. The summed E-state index contributed by atoms with van der Waals surface area (Å²) in [4.78, 5) is 34.9. The van der Waals surface area contributed by atoms with Crippen molar-refractivity contribution in [2.24, 2.45) is 0 Å². The average molecular weight is 616 g/mol. The van der Waals surface area contributed by atoms with Crippen LogP contribution < -0.4 is 4.90 Å². The zero-order chi connectivity index (χ0) is 28.0. The van der Waals surface area contributed by atoms with Crippen molar-refractivity contribution in [3.05, 3.63) is 71.8 Å². The van der Waals surface area contributed by atoms with Gasteiger partial charge in [-0.15, -0.1) is 24.8 Å². The smallest absolute Gasteiger partial charge is 0.226 e. The number of hydrogen-bond acceptors (Lipinski definition) is 4. The first kappa shape index (κ1) is 34.1. The molecule has 2 aromatic carbocycles. The number of carbonyl (C=O) groups is 2. The highest BCUT2D eigenvalue weighted by Gasteiger charge is 2.37. The minimum Gasteiger partial charge on any atom is -0.343 e. The molecule has 2 saturated heterocycles. The van der Waals surface area contributed by atoms with E-state index in [2.05, 4.69) is 53.3 Å². The number of likely N-dealkylation sites (tertiary alicyclic amines) is 2. The number of allylic oxidation sites excluding steroid dienone is 1. The van der Waals surface area contributed by atoms with E-state index < -0.39 is 0 Å². The molecule has 3 aliphatic rings. The van der Waals surface area contributed by atoms with Gasteiger partial charge in [0.05, 0.1) is 0 Å². The van der Waals surface area contributed by atoms with Crippen LogP contribution in [-0.2, 0) is 15.0 Å². The number of anilines is 1. The fourth-order valence-electron chi connectivity index (χ4n) is 6.79. The number of para-hydroxylation sites is 1. The molecule has 0 atom stereocenters. The Balaban J connectivity index is 0.00000242. The van der Waals surface area contributed by atoms with Crippen molar-refractivity contribution in [2.75, 3.05) is 58.3 Å². The number of fused-ring (bicyclic) bond motifs is 2. The van der Waals surface area contributed by atoms with Crippen molar-refractivity contribution < 1.29 is 9.59 Å². The van der Waals surface area contributed by atoms with Gasteiger partial charge in [0.1, 0.15) is 0 Å². The van der Waals surface area contributed by atoms with Gasteiger partial charge in [0, 0.05) is 43.6 Å². The van der Waals surface area contributed by atoms with Gasteiger partial charge < -0.3 is 19.6 Å². The summed E-state index contributed by atoms with van der Waals surface area (Å²) in [6.07, 6.45) is 11.5. The van der Waals surface area contributed by atoms with Gasteiger partial charge >= 0.3 is 0 Å². The Kier molecular flexibility index (Phi) is 12.9. The number of benzene rings is 2. The molecule has 42 heavy (non-hydrogen) atoms. The Bertz CT molecular complexity index is 1180. The van der Waals surface area contributed by atoms with Crippen molar-refractivity contribution >= 4 is 48.4 Å². The van der Waals surface area contributed by atoms with Crippen LogP contribution in [0.5, 0.6) is 0 Å². The second-order valence-corrected chi connectivity index (χ2v) is 12.0. The number of halogens is 2. The van der Waals surface area contributed by atoms with E-state index in [1.54, 1.807) is 0 Å². The molecule has 2 fully saturated rings. The van der Waals surface area contributed by atoms with Crippen LogP contribution in [0.25, 0.3) is 6.08 Å². The molecule has 0 unspecified atom stereocenters. The molecule has 0 aromatic heterocycles. The van der Waals surface area contributed by atoms with E-state index >= 15 is 0 Å². The molecule has 1 aliphatic carbocycles. The molecule has 6 nitrogen and oxygen atoms in total. The van der Waals surface area contributed by atoms with Gasteiger partial charge in [0.2, 0.25) is 11.8 Å². The maximum atomic E-state index is 13.4. The van der Waals surface area contributed by atoms with Crippen LogP contribution in [0, 0.1) is 0 Å². The maximum Gasteiger partial charge on any atom is 0.226 e. The largest absolute Gasteiger partial charge is 0.343 e. The lowest BCUT2D eigenvalue weighted by Gasteiger charge is -2.39. The van der Waals surface area contributed by atoms with Gasteiger partial charge in [-0.3, -0.25) is 9.59 Å². The summed E-state index contributed by atoms with van der Waals surface area (Å²) in [5.41, 5.74) is 4.03. The molecule has 0 radical (unpaired) electrons. The summed E-state index contributed by atoms with van der Waals surface area (Å²) in [7, 11) is 4.07. The maximum absolute atomic E-state index is 13.4. The number of nitrogens with zero attached hydrogens (tertiary/aromatic N) is 4. The number of hydrogen-bond donors (Lipinski definition) is 0. The van der Waals surface area contributed by atoms with Gasteiger partial charge in [0.15, 0.2) is 0 Å². The molecule has 1 spiro atoms. The number of amides is 2. The zero-order valence-electron chi connectivity index (χ0n) is 25.2. The lowest BCUT2D eigenvalue weighted by molar-refractivity contribution is -0.133. The van der Waals surface area contributed by atoms with E-state index in [9.17, 15) is 9.59 Å². The van der Waals surface area contributed by atoms with E-state index in [4.69, 9.17) is 0 Å². The van der Waals surface area contributed by atoms with Crippen LogP contribution in [0.15, 0.2) is 60.7 Å². The van der Waals surface area contributed by atoms with Gasteiger partial charge in [0.25, 0.3) is 0 Å². The molecular formula is C34H48Cl2N4O2. The molecular weight excluding hydrogens is 567 g/mol. The monoisotopic (exact) mass is 614 g/mol. The van der Waals surface area contributed by atoms with Gasteiger partial charge in [-0.2, -0.15) is 0 Å². The van der Waals surface area contributed by atoms with Crippen LogP contribution in [0.4, 0.5) is 5.69 Å². The van der Waals surface area contributed by atoms with Crippen molar-refractivity contribution in [1.82, 2.24) is 14.7 Å². The molecule has 0 bridgehead atoms. The van der Waals surface area contributed by atoms with Crippen LogP contribution in [0.2, 0.25) is 0 Å². The summed E-state index contributed by atoms with van der Waals surface area (Å²) in [5, 5.41) is 0. The summed E-state index contributed by atoms with van der Waals surface area (Å²) in [6, 6.07) is 19.2. The number of piperidine rings is 2. The molecule has 2 amide bonds. The lowest BCUT2D eigenvalue weighted by Crippen LogP contribution is -2.44. The molecule has 2 aliphatic heterocycles. The van der Waals surface area contributed by atoms with E-state index in [1.807, 2.05) is 47.2 Å². The first-order valence-corrected chi connectivity index (χ1v) is 15.3. The Hall–Kier alpha value is -2.38. The van der Waals surface area contributed by atoms with Gasteiger partial charge in [-0.1, -0.05) is 54.6 Å². The molecule has 8 heteroatoms. The third-order valence-corrected chi connectivity index (χ3v) is 9.46. The summed E-state index contributed by atoms with van der Waals surface area (Å²) in [6.45, 7) is 5.95. The van der Waals surface area contributed by atoms with Gasteiger partial charge in [-0.05, 0) is 102 Å². The van der Waals surface area contributed by atoms with Crippen molar-refractivity contribution in [1.29, 1.82) is 0 Å². The Labute approximate surface area is 264 Å². The van der Waals surface area contributed by atoms with E-state index in [0.717, 1.165) is 70.5 Å². The molecule has 5 rings (SSSR count). The molecule has 0 N–H and O–H groups in total.